The average Bonchev–Trinajstić information content (AvgIpc) is 2.47. The van der Waals surface area contributed by atoms with Gasteiger partial charge in [0.05, 0.1) is 6.61 Å². The number of aliphatic hydroxyl groups is 1. The SMILES string of the molecule is CCCCCCCC=C[C@@H]1OC[C@@H](OC)[C@H](OC)[C@@H]1O. The largest absolute Gasteiger partial charge is 0.387 e. The average molecular weight is 286 g/mol. The molecule has 4 atom stereocenters. The second kappa shape index (κ2) is 10.3. The Labute approximate surface area is 123 Å². The third-order valence-electron chi connectivity index (χ3n) is 3.87. The van der Waals surface area contributed by atoms with Crippen LogP contribution in [0.5, 0.6) is 0 Å². The molecular formula is C16H30O4. The van der Waals surface area contributed by atoms with E-state index in [1.54, 1.807) is 14.2 Å². The van der Waals surface area contributed by atoms with Crippen LogP contribution in [-0.4, -0.2) is 50.3 Å². The van der Waals surface area contributed by atoms with E-state index in [9.17, 15) is 5.11 Å². The quantitative estimate of drug-likeness (QED) is 0.523. The summed E-state index contributed by atoms with van der Waals surface area (Å²) < 4.78 is 16.2. The van der Waals surface area contributed by atoms with Gasteiger partial charge in [0.2, 0.25) is 0 Å². The number of methoxy groups -OCH3 is 2. The minimum Gasteiger partial charge on any atom is -0.387 e. The molecule has 0 spiro atoms. The Morgan fingerprint density at radius 2 is 1.90 bits per heavy atom. The van der Waals surface area contributed by atoms with Gasteiger partial charge >= 0.3 is 0 Å². The molecule has 0 aliphatic carbocycles. The van der Waals surface area contributed by atoms with E-state index in [1.807, 2.05) is 6.08 Å². The summed E-state index contributed by atoms with van der Waals surface area (Å²) in [6.07, 6.45) is 10.0. The van der Waals surface area contributed by atoms with E-state index >= 15 is 0 Å². The monoisotopic (exact) mass is 286 g/mol. The molecule has 0 unspecified atom stereocenters. The predicted octanol–water partition coefficient (Wildman–Crippen LogP) is 2.69. The fraction of sp³-hybridized carbons (Fsp3) is 0.875. The van der Waals surface area contributed by atoms with Crippen LogP contribution in [0, 0.1) is 0 Å². The topological polar surface area (TPSA) is 47.9 Å². The number of hydrogen-bond acceptors (Lipinski definition) is 4. The molecule has 0 aromatic rings. The van der Waals surface area contributed by atoms with Crippen molar-refractivity contribution in [1.82, 2.24) is 0 Å². The van der Waals surface area contributed by atoms with Crippen molar-refractivity contribution in [2.75, 3.05) is 20.8 Å². The Morgan fingerprint density at radius 3 is 2.55 bits per heavy atom. The van der Waals surface area contributed by atoms with Crippen molar-refractivity contribution in [3.05, 3.63) is 12.2 Å². The van der Waals surface area contributed by atoms with Crippen LogP contribution >= 0.6 is 0 Å². The Hall–Kier alpha value is -0.420. The van der Waals surface area contributed by atoms with Crippen molar-refractivity contribution in [3.8, 4) is 0 Å². The van der Waals surface area contributed by atoms with Gasteiger partial charge in [-0.1, -0.05) is 44.8 Å². The number of aliphatic hydroxyl groups excluding tert-OH is 1. The molecule has 1 N–H and O–H groups in total. The van der Waals surface area contributed by atoms with Gasteiger partial charge in [-0.2, -0.15) is 0 Å². The smallest absolute Gasteiger partial charge is 0.114 e. The van der Waals surface area contributed by atoms with Crippen molar-refractivity contribution >= 4 is 0 Å². The molecule has 0 amide bonds. The minimum atomic E-state index is -0.671. The van der Waals surface area contributed by atoms with E-state index in [2.05, 4.69) is 13.0 Å². The third-order valence-corrected chi connectivity index (χ3v) is 3.87. The van der Waals surface area contributed by atoms with Crippen LogP contribution in [0.25, 0.3) is 0 Å². The van der Waals surface area contributed by atoms with Crippen molar-refractivity contribution in [3.63, 3.8) is 0 Å². The van der Waals surface area contributed by atoms with E-state index in [0.29, 0.717) is 6.61 Å². The van der Waals surface area contributed by atoms with Crippen molar-refractivity contribution in [1.29, 1.82) is 0 Å². The third kappa shape index (κ3) is 5.52. The molecule has 1 rings (SSSR count). The van der Waals surface area contributed by atoms with E-state index in [4.69, 9.17) is 14.2 Å². The van der Waals surface area contributed by atoms with Crippen LogP contribution in [-0.2, 0) is 14.2 Å². The first-order valence-electron chi connectivity index (χ1n) is 7.76. The minimum absolute atomic E-state index is 0.200. The van der Waals surface area contributed by atoms with Gasteiger partial charge in [0.25, 0.3) is 0 Å². The Morgan fingerprint density at radius 1 is 1.15 bits per heavy atom. The summed E-state index contributed by atoms with van der Waals surface area (Å²) in [6, 6.07) is 0. The zero-order valence-corrected chi connectivity index (χ0v) is 13.1. The summed E-state index contributed by atoms with van der Waals surface area (Å²) in [5.41, 5.74) is 0. The van der Waals surface area contributed by atoms with Gasteiger partial charge in [-0.05, 0) is 12.8 Å². The maximum Gasteiger partial charge on any atom is 0.114 e. The molecule has 0 bridgehead atoms. The summed E-state index contributed by atoms with van der Waals surface area (Å²) in [6.45, 7) is 2.68. The second-order valence-electron chi connectivity index (χ2n) is 5.39. The van der Waals surface area contributed by atoms with Crippen LogP contribution in [0.15, 0.2) is 12.2 Å². The molecule has 4 nitrogen and oxygen atoms in total. The number of hydrogen-bond donors (Lipinski definition) is 1. The first-order valence-corrected chi connectivity index (χ1v) is 7.76. The first kappa shape index (κ1) is 17.6. The van der Waals surface area contributed by atoms with Gasteiger partial charge in [-0.3, -0.25) is 0 Å². The molecule has 0 aromatic carbocycles. The van der Waals surface area contributed by atoms with Crippen LogP contribution in [0.2, 0.25) is 0 Å². The molecular weight excluding hydrogens is 256 g/mol. The maximum atomic E-state index is 10.2. The highest BCUT2D eigenvalue weighted by molar-refractivity contribution is 5.00. The normalized spacial score (nSPS) is 31.0. The van der Waals surface area contributed by atoms with Crippen LogP contribution in [0.4, 0.5) is 0 Å². The van der Waals surface area contributed by atoms with E-state index < -0.39 is 6.10 Å². The molecule has 0 radical (unpaired) electrons. The number of ether oxygens (including phenoxy) is 3. The van der Waals surface area contributed by atoms with Crippen LogP contribution in [0.3, 0.4) is 0 Å². The number of allylic oxidation sites excluding steroid dienone is 1. The zero-order chi connectivity index (χ0) is 14.8. The zero-order valence-electron chi connectivity index (χ0n) is 13.1. The van der Waals surface area contributed by atoms with Gasteiger partial charge in [-0.25, -0.2) is 0 Å². The summed E-state index contributed by atoms with van der Waals surface area (Å²) in [5, 5.41) is 10.2. The maximum absolute atomic E-state index is 10.2. The van der Waals surface area contributed by atoms with Crippen molar-refractivity contribution in [2.24, 2.45) is 0 Å². The van der Waals surface area contributed by atoms with E-state index in [-0.39, 0.29) is 18.3 Å². The molecule has 1 saturated heterocycles. The second-order valence-corrected chi connectivity index (χ2v) is 5.39. The Balaban J connectivity index is 2.29. The van der Waals surface area contributed by atoms with Crippen LogP contribution in [0.1, 0.15) is 45.4 Å². The first-order chi connectivity index (χ1) is 9.74. The fourth-order valence-corrected chi connectivity index (χ4v) is 2.57. The molecule has 4 heteroatoms. The lowest BCUT2D eigenvalue weighted by Crippen LogP contribution is -2.53. The standard InChI is InChI=1S/C16H30O4/c1-4-5-6-7-8-9-10-11-13-15(17)16(19-3)14(18-2)12-20-13/h10-11,13-17H,4-9,12H2,1-3H3/t13-,14+,15+,16-/m0/s1. The highest BCUT2D eigenvalue weighted by atomic mass is 16.6. The van der Waals surface area contributed by atoms with Crippen molar-refractivity contribution < 1.29 is 19.3 Å². The molecule has 1 aliphatic heterocycles. The van der Waals surface area contributed by atoms with E-state index in [0.717, 1.165) is 6.42 Å². The highest BCUT2D eigenvalue weighted by Crippen LogP contribution is 2.21. The van der Waals surface area contributed by atoms with Gasteiger partial charge < -0.3 is 19.3 Å². The molecule has 20 heavy (non-hydrogen) atoms. The van der Waals surface area contributed by atoms with Crippen LogP contribution < -0.4 is 0 Å². The number of rotatable bonds is 9. The summed E-state index contributed by atoms with van der Waals surface area (Å²) >= 11 is 0. The lowest BCUT2D eigenvalue weighted by molar-refractivity contribution is -0.191. The molecule has 0 saturated carbocycles. The van der Waals surface area contributed by atoms with E-state index in [1.165, 1.54) is 32.1 Å². The summed E-state index contributed by atoms with van der Waals surface area (Å²) in [5.74, 6) is 0. The van der Waals surface area contributed by atoms with Gasteiger partial charge in [0, 0.05) is 14.2 Å². The number of unbranched alkanes of at least 4 members (excludes halogenated alkanes) is 5. The Bertz CT molecular complexity index is 267. The van der Waals surface area contributed by atoms with Gasteiger partial charge in [0.1, 0.15) is 24.4 Å². The van der Waals surface area contributed by atoms with Gasteiger partial charge in [0.15, 0.2) is 0 Å². The summed E-state index contributed by atoms with van der Waals surface area (Å²) in [7, 11) is 3.21. The lowest BCUT2D eigenvalue weighted by atomic mass is 9.99. The highest BCUT2D eigenvalue weighted by Gasteiger charge is 2.38. The fourth-order valence-electron chi connectivity index (χ4n) is 2.57. The lowest BCUT2D eigenvalue weighted by Gasteiger charge is -2.37. The van der Waals surface area contributed by atoms with Crippen molar-refractivity contribution in [2.45, 2.75) is 69.9 Å². The molecule has 1 aliphatic rings. The molecule has 1 heterocycles. The molecule has 0 aromatic heterocycles. The van der Waals surface area contributed by atoms with Gasteiger partial charge in [-0.15, -0.1) is 0 Å². The summed E-state index contributed by atoms with van der Waals surface area (Å²) in [4.78, 5) is 0. The molecule has 118 valence electrons. The molecule has 1 fully saturated rings. The predicted molar refractivity (Wildman–Crippen MR) is 79.9 cm³/mol. The Kier molecular flexibility index (Phi) is 9.10.